The van der Waals surface area contributed by atoms with Gasteiger partial charge in [-0.15, -0.1) is 0 Å². The maximum absolute atomic E-state index is 13.1. The van der Waals surface area contributed by atoms with Gasteiger partial charge in [-0.2, -0.15) is 0 Å². The number of carbonyl (C=O) groups excluding carboxylic acids is 2. The first kappa shape index (κ1) is 26.6. The molecule has 2 aromatic carbocycles. The first-order valence-corrected chi connectivity index (χ1v) is 13.1. The SMILES string of the molecule is CCCC(NC(=O)Cc1ccc(CC(=O)OCC)c(OCC)c1)c1ccccc1N1CCCCC1. The zero-order chi connectivity index (χ0) is 25.0. The predicted molar refractivity (Wildman–Crippen MR) is 140 cm³/mol. The van der Waals surface area contributed by atoms with Crippen LogP contribution in [0.15, 0.2) is 42.5 Å². The second-order valence-electron chi connectivity index (χ2n) is 9.05. The topological polar surface area (TPSA) is 67.9 Å². The van der Waals surface area contributed by atoms with Crippen LogP contribution in [0, 0.1) is 0 Å². The van der Waals surface area contributed by atoms with Crippen LogP contribution in [0.25, 0.3) is 0 Å². The highest BCUT2D eigenvalue weighted by molar-refractivity contribution is 5.80. The van der Waals surface area contributed by atoms with Crippen molar-refractivity contribution in [2.24, 2.45) is 0 Å². The Bertz CT molecular complexity index is 969. The van der Waals surface area contributed by atoms with Gasteiger partial charge in [0.2, 0.25) is 5.91 Å². The van der Waals surface area contributed by atoms with Gasteiger partial charge in [0.1, 0.15) is 5.75 Å². The number of amides is 1. The number of carbonyl (C=O) groups is 2. The van der Waals surface area contributed by atoms with E-state index in [4.69, 9.17) is 9.47 Å². The lowest BCUT2D eigenvalue weighted by molar-refractivity contribution is -0.142. The second kappa shape index (κ2) is 13.8. The zero-order valence-electron chi connectivity index (χ0n) is 21.5. The minimum absolute atomic E-state index is 0.0162. The zero-order valence-corrected chi connectivity index (χ0v) is 21.5. The molecule has 35 heavy (non-hydrogen) atoms. The van der Waals surface area contributed by atoms with Crippen molar-refractivity contribution >= 4 is 17.6 Å². The molecule has 6 heteroatoms. The molecule has 6 nitrogen and oxygen atoms in total. The van der Waals surface area contributed by atoms with Crippen molar-refractivity contribution < 1.29 is 19.1 Å². The third-order valence-electron chi connectivity index (χ3n) is 6.36. The van der Waals surface area contributed by atoms with E-state index in [9.17, 15) is 9.59 Å². The fourth-order valence-electron chi connectivity index (χ4n) is 4.74. The normalized spacial score (nSPS) is 14.3. The molecule has 0 aliphatic carbocycles. The Kier molecular flexibility index (Phi) is 10.5. The van der Waals surface area contributed by atoms with E-state index in [0.717, 1.165) is 37.1 Å². The van der Waals surface area contributed by atoms with Crippen molar-refractivity contribution in [3.8, 4) is 5.75 Å². The van der Waals surface area contributed by atoms with Gasteiger partial charge < -0.3 is 19.7 Å². The van der Waals surface area contributed by atoms with Gasteiger partial charge in [0.15, 0.2) is 0 Å². The summed E-state index contributed by atoms with van der Waals surface area (Å²) in [6.45, 7) is 8.82. The Labute approximate surface area is 210 Å². The summed E-state index contributed by atoms with van der Waals surface area (Å²) in [5.74, 6) is 0.331. The number of ether oxygens (including phenoxy) is 2. The Morgan fingerprint density at radius 1 is 0.971 bits per heavy atom. The first-order chi connectivity index (χ1) is 17.0. The van der Waals surface area contributed by atoms with Gasteiger partial charge in [-0.1, -0.05) is 43.7 Å². The molecule has 0 radical (unpaired) electrons. The number of esters is 1. The van der Waals surface area contributed by atoms with Crippen LogP contribution in [0.2, 0.25) is 0 Å². The Morgan fingerprint density at radius 3 is 2.46 bits per heavy atom. The molecule has 190 valence electrons. The lowest BCUT2D eigenvalue weighted by Crippen LogP contribution is -2.34. The summed E-state index contributed by atoms with van der Waals surface area (Å²) in [4.78, 5) is 27.5. The molecular formula is C29H40N2O4. The molecule has 0 spiro atoms. The summed E-state index contributed by atoms with van der Waals surface area (Å²) in [6.07, 6.45) is 6.00. The summed E-state index contributed by atoms with van der Waals surface area (Å²) in [7, 11) is 0. The standard InChI is InChI=1S/C29H40N2O4/c1-4-12-25(24-13-8-9-14-26(24)31-17-10-7-11-18-31)30-28(32)20-22-15-16-23(21-29(33)35-6-3)27(19-22)34-5-2/h8-9,13-16,19,25H,4-7,10-12,17-18,20-21H2,1-3H3,(H,30,32). The van der Waals surface area contributed by atoms with Gasteiger partial charge in [-0.3, -0.25) is 9.59 Å². The number of hydrogen-bond donors (Lipinski definition) is 1. The molecular weight excluding hydrogens is 440 g/mol. The van der Waals surface area contributed by atoms with Crippen molar-refractivity contribution in [1.82, 2.24) is 5.32 Å². The second-order valence-corrected chi connectivity index (χ2v) is 9.05. The summed E-state index contributed by atoms with van der Waals surface area (Å²) < 4.78 is 10.8. The van der Waals surface area contributed by atoms with E-state index in [0.29, 0.717) is 19.0 Å². The molecule has 3 rings (SSSR count). The number of para-hydroxylation sites is 1. The lowest BCUT2D eigenvalue weighted by atomic mass is 9.97. The summed E-state index contributed by atoms with van der Waals surface area (Å²) >= 11 is 0. The Hall–Kier alpha value is -3.02. The number of piperidine rings is 1. The highest BCUT2D eigenvalue weighted by Gasteiger charge is 2.21. The monoisotopic (exact) mass is 480 g/mol. The molecule has 1 heterocycles. The third kappa shape index (κ3) is 7.74. The number of benzene rings is 2. The molecule has 1 N–H and O–H groups in total. The van der Waals surface area contributed by atoms with Crippen LogP contribution in [0.1, 0.15) is 75.6 Å². The van der Waals surface area contributed by atoms with E-state index in [1.165, 1.54) is 30.5 Å². The third-order valence-corrected chi connectivity index (χ3v) is 6.36. The van der Waals surface area contributed by atoms with Gasteiger partial charge in [0, 0.05) is 24.3 Å². The summed E-state index contributed by atoms with van der Waals surface area (Å²) in [5, 5.41) is 3.30. The van der Waals surface area contributed by atoms with Crippen LogP contribution >= 0.6 is 0 Å². The molecule has 0 bridgehead atoms. The van der Waals surface area contributed by atoms with Gasteiger partial charge >= 0.3 is 5.97 Å². The van der Waals surface area contributed by atoms with Crippen LogP contribution in [0.3, 0.4) is 0 Å². The Balaban J connectivity index is 1.73. The number of nitrogens with zero attached hydrogens (tertiary/aromatic N) is 1. The van der Waals surface area contributed by atoms with Crippen molar-refractivity contribution in [2.75, 3.05) is 31.2 Å². The van der Waals surface area contributed by atoms with Gasteiger partial charge in [-0.05, 0) is 62.8 Å². The predicted octanol–water partition coefficient (Wildman–Crippen LogP) is 5.38. The van der Waals surface area contributed by atoms with E-state index < -0.39 is 0 Å². The van der Waals surface area contributed by atoms with Crippen LogP contribution in [0.4, 0.5) is 5.69 Å². The number of anilines is 1. The first-order valence-electron chi connectivity index (χ1n) is 13.1. The average Bonchev–Trinajstić information content (AvgIpc) is 2.86. The minimum Gasteiger partial charge on any atom is -0.494 e. The molecule has 1 atom stereocenters. The van der Waals surface area contributed by atoms with Crippen molar-refractivity contribution in [3.63, 3.8) is 0 Å². The molecule has 2 aromatic rings. The highest BCUT2D eigenvalue weighted by Crippen LogP contribution is 2.31. The molecule has 0 aromatic heterocycles. The van der Waals surface area contributed by atoms with E-state index in [-0.39, 0.29) is 30.8 Å². The Morgan fingerprint density at radius 2 is 1.74 bits per heavy atom. The molecule has 1 aliphatic heterocycles. The van der Waals surface area contributed by atoms with Crippen LogP contribution < -0.4 is 15.0 Å². The van der Waals surface area contributed by atoms with Crippen molar-refractivity contribution in [3.05, 3.63) is 59.2 Å². The molecule has 1 unspecified atom stereocenters. The quantitative estimate of drug-likeness (QED) is 0.413. The molecule has 0 saturated carbocycles. The summed E-state index contributed by atoms with van der Waals surface area (Å²) in [5.41, 5.74) is 4.07. The minimum atomic E-state index is -0.284. The van der Waals surface area contributed by atoms with Crippen molar-refractivity contribution in [2.45, 2.75) is 71.8 Å². The fourth-order valence-corrected chi connectivity index (χ4v) is 4.74. The molecule has 1 saturated heterocycles. The van der Waals surface area contributed by atoms with Gasteiger partial charge in [-0.25, -0.2) is 0 Å². The van der Waals surface area contributed by atoms with E-state index >= 15 is 0 Å². The fraction of sp³-hybridized carbons (Fsp3) is 0.517. The smallest absolute Gasteiger partial charge is 0.310 e. The van der Waals surface area contributed by atoms with Gasteiger partial charge in [0.25, 0.3) is 0 Å². The van der Waals surface area contributed by atoms with Crippen LogP contribution in [-0.4, -0.2) is 38.2 Å². The maximum atomic E-state index is 13.1. The lowest BCUT2D eigenvalue weighted by Gasteiger charge is -2.32. The van der Waals surface area contributed by atoms with Crippen LogP contribution in [0.5, 0.6) is 5.75 Å². The molecule has 1 aliphatic rings. The van der Waals surface area contributed by atoms with E-state index in [2.05, 4.69) is 41.4 Å². The largest absolute Gasteiger partial charge is 0.494 e. The highest BCUT2D eigenvalue weighted by atomic mass is 16.5. The number of rotatable bonds is 12. The summed E-state index contributed by atoms with van der Waals surface area (Å²) in [6, 6.07) is 14.1. The van der Waals surface area contributed by atoms with Gasteiger partial charge in [0.05, 0.1) is 32.1 Å². The average molecular weight is 481 g/mol. The number of hydrogen-bond acceptors (Lipinski definition) is 5. The van der Waals surface area contributed by atoms with E-state index in [1.54, 1.807) is 6.92 Å². The van der Waals surface area contributed by atoms with E-state index in [1.807, 2.05) is 25.1 Å². The van der Waals surface area contributed by atoms with Crippen molar-refractivity contribution in [1.29, 1.82) is 0 Å². The molecule has 1 fully saturated rings. The maximum Gasteiger partial charge on any atom is 0.310 e. The van der Waals surface area contributed by atoms with Crippen LogP contribution in [-0.2, 0) is 27.2 Å². The molecule has 1 amide bonds. The number of nitrogens with one attached hydrogen (secondary N) is 1.